The minimum atomic E-state index is 0.0874. The third-order valence-electron chi connectivity index (χ3n) is 4.28. The van der Waals surface area contributed by atoms with E-state index in [1.54, 1.807) is 19.4 Å². The van der Waals surface area contributed by atoms with Crippen LogP contribution in [-0.4, -0.2) is 49.8 Å². The predicted octanol–water partition coefficient (Wildman–Crippen LogP) is 2.45. The summed E-state index contributed by atoms with van der Waals surface area (Å²) in [5.74, 6) is 1.60. The molecule has 6 heteroatoms. The first-order valence-electron chi connectivity index (χ1n) is 8.35. The highest BCUT2D eigenvalue weighted by Gasteiger charge is 2.19. The van der Waals surface area contributed by atoms with Gasteiger partial charge in [0.2, 0.25) is 0 Å². The lowest BCUT2D eigenvalue weighted by atomic mass is 10.1. The molecule has 0 unspecified atom stereocenters. The number of anilines is 1. The molecule has 2 aromatic rings. The van der Waals surface area contributed by atoms with Crippen LogP contribution < -0.4 is 10.1 Å². The average Bonchev–Trinajstić information content (AvgIpc) is 2.69. The largest absolute Gasteiger partial charge is 0.497 e. The molecule has 0 saturated carbocycles. The van der Waals surface area contributed by atoms with Gasteiger partial charge in [-0.25, -0.2) is 4.98 Å². The Morgan fingerprint density at radius 1 is 1.24 bits per heavy atom. The Morgan fingerprint density at radius 2 is 2.00 bits per heavy atom. The fraction of sp³-hybridized carbons (Fsp3) is 0.368. The Bertz CT molecular complexity index is 704. The third-order valence-corrected chi connectivity index (χ3v) is 4.28. The molecule has 0 bridgehead atoms. The van der Waals surface area contributed by atoms with Gasteiger partial charge in [-0.15, -0.1) is 0 Å². The van der Waals surface area contributed by atoms with Gasteiger partial charge in [0.05, 0.1) is 31.9 Å². The minimum Gasteiger partial charge on any atom is -0.497 e. The van der Waals surface area contributed by atoms with E-state index in [1.807, 2.05) is 18.2 Å². The molecular weight excluding hydrogens is 316 g/mol. The van der Waals surface area contributed by atoms with Crippen LogP contribution in [0.2, 0.25) is 0 Å². The summed E-state index contributed by atoms with van der Waals surface area (Å²) in [5.41, 5.74) is 1.72. The van der Waals surface area contributed by atoms with Crippen molar-refractivity contribution in [1.82, 2.24) is 9.88 Å². The lowest BCUT2D eigenvalue weighted by molar-refractivity contribution is 0.0360. The summed E-state index contributed by atoms with van der Waals surface area (Å²) in [6.45, 7) is 4.25. The van der Waals surface area contributed by atoms with E-state index in [2.05, 4.69) is 33.4 Å². The van der Waals surface area contributed by atoms with E-state index in [4.69, 9.17) is 14.7 Å². The second kappa shape index (κ2) is 8.47. The highest BCUT2D eigenvalue weighted by molar-refractivity contribution is 5.42. The van der Waals surface area contributed by atoms with Crippen molar-refractivity contribution < 1.29 is 9.47 Å². The zero-order valence-electron chi connectivity index (χ0n) is 14.3. The molecule has 0 radical (unpaired) electrons. The number of hydrogen-bond acceptors (Lipinski definition) is 6. The van der Waals surface area contributed by atoms with E-state index in [1.165, 1.54) is 5.56 Å². The van der Waals surface area contributed by atoms with Crippen LogP contribution in [-0.2, 0) is 4.74 Å². The molecule has 1 aliphatic heterocycles. The fourth-order valence-electron chi connectivity index (χ4n) is 2.84. The van der Waals surface area contributed by atoms with Crippen molar-refractivity contribution in [3.63, 3.8) is 0 Å². The predicted molar refractivity (Wildman–Crippen MR) is 95.6 cm³/mol. The first-order valence-corrected chi connectivity index (χ1v) is 8.35. The molecule has 1 atom stereocenters. The van der Waals surface area contributed by atoms with Crippen molar-refractivity contribution in [2.45, 2.75) is 6.04 Å². The number of nitrogens with zero attached hydrogens (tertiary/aromatic N) is 3. The van der Waals surface area contributed by atoms with Gasteiger partial charge in [-0.2, -0.15) is 5.26 Å². The molecule has 1 fully saturated rings. The van der Waals surface area contributed by atoms with Crippen molar-refractivity contribution in [2.75, 3.05) is 45.3 Å². The van der Waals surface area contributed by atoms with Crippen LogP contribution in [0.5, 0.6) is 5.75 Å². The summed E-state index contributed by atoms with van der Waals surface area (Å²) in [7, 11) is 1.67. The number of nitriles is 1. The summed E-state index contributed by atoms with van der Waals surface area (Å²) in [6, 6.07) is 13.9. The third kappa shape index (κ3) is 4.69. The highest BCUT2D eigenvalue weighted by Crippen LogP contribution is 2.23. The number of aromatic nitrogens is 1. The molecule has 1 aromatic carbocycles. The molecule has 25 heavy (non-hydrogen) atoms. The highest BCUT2D eigenvalue weighted by atomic mass is 16.5. The first kappa shape index (κ1) is 17.2. The number of hydrogen-bond donors (Lipinski definition) is 1. The summed E-state index contributed by atoms with van der Waals surface area (Å²) < 4.78 is 10.7. The van der Waals surface area contributed by atoms with Crippen LogP contribution in [0.4, 0.5) is 5.82 Å². The second-order valence-corrected chi connectivity index (χ2v) is 5.93. The Hall–Kier alpha value is -2.62. The van der Waals surface area contributed by atoms with Gasteiger partial charge in [-0.05, 0) is 29.8 Å². The number of rotatable bonds is 6. The lowest BCUT2D eigenvalue weighted by Crippen LogP contribution is -2.40. The molecule has 1 aromatic heterocycles. The normalized spacial score (nSPS) is 16.0. The molecule has 1 aliphatic rings. The Balaban J connectivity index is 1.77. The van der Waals surface area contributed by atoms with E-state index in [0.717, 1.165) is 44.4 Å². The summed E-state index contributed by atoms with van der Waals surface area (Å²) in [6.07, 6.45) is 1.59. The van der Waals surface area contributed by atoms with E-state index in [0.29, 0.717) is 5.56 Å². The summed E-state index contributed by atoms with van der Waals surface area (Å²) in [5, 5.41) is 12.4. The molecule has 1 N–H and O–H groups in total. The molecule has 0 spiro atoms. The molecular formula is C19H22N4O2. The number of pyridine rings is 1. The lowest BCUT2D eigenvalue weighted by Gasteiger charge is -2.31. The number of benzene rings is 1. The van der Waals surface area contributed by atoms with Gasteiger partial charge in [0.1, 0.15) is 17.6 Å². The van der Waals surface area contributed by atoms with Gasteiger partial charge in [0.15, 0.2) is 0 Å². The number of morpholine rings is 1. The molecule has 1 saturated heterocycles. The number of ether oxygens (including phenoxy) is 2. The van der Waals surface area contributed by atoms with Crippen LogP contribution in [0.3, 0.4) is 0 Å². The van der Waals surface area contributed by atoms with Gasteiger partial charge in [-0.1, -0.05) is 12.1 Å². The Kier molecular flexibility index (Phi) is 5.83. The smallest absolute Gasteiger partial charge is 0.126 e. The van der Waals surface area contributed by atoms with Crippen LogP contribution in [0, 0.1) is 11.3 Å². The van der Waals surface area contributed by atoms with E-state index >= 15 is 0 Å². The van der Waals surface area contributed by atoms with Crippen molar-refractivity contribution in [1.29, 1.82) is 5.26 Å². The van der Waals surface area contributed by atoms with E-state index in [-0.39, 0.29) is 6.04 Å². The zero-order chi connectivity index (χ0) is 17.5. The maximum absolute atomic E-state index is 8.91. The topological polar surface area (TPSA) is 70.4 Å². The van der Waals surface area contributed by atoms with E-state index < -0.39 is 0 Å². The first-order chi connectivity index (χ1) is 12.3. The Labute approximate surface area is 148 Å². The summed E-state index contributed by atoms with van der Waals surface area (Å²) >= 11 is 0. The SMILES string of the molecule is COc1ccc([C@H](CN2CCOCC2)Nc2ccc(C#N)cn2)cc1. The molecule has 2 heterocycles. The molecule has 130 valence electrons. The van der Waals surface area contributed by atoms with Gasteiger partial charge >= 0.3 is 0 Å². The molecule has 0 aliphatic carbocycles. The van der Waals surface area contributed by atoms with Gasteiger partial charge < -0.3 is 14.8 Å². The average molecular weight is 338 g/mol. The molecule has 0 amide bonds. The van der Waals surface area contributed by atoms with Crippen LogP contribution in [0.15, 0.2) is 42.6 Å². The number of methoxy groups -OCH3 is 1. The minimum absolute atomic E-state index is 0.0874. The van der Waals surface area contributed by atoms with Gasteiger partial charge in [0.25, 0.3) is 0 Å². The van der Waals surface area contributed by atoms with Crippen molar-refractivity contribution >= 4 is 5.82 Å². The maximum Gasteiger partial charge on any atom is 0.126 e. The fourth-order valence-corrected chi connectivity index (χ4v) is 2.84. The molecule has 6 nitrogen and oxygen atoms in total. The van der Waals surface area contributed by atoms with Crippen molar-refractivity contribution in [3.05, 3.63) is 53.7 Å². The maximum atomic E-state index is 8.91. The van der Waals surface area contributed by atoms with Gasteiger partial charge in [-0.3, -0.25) is 4.90 Å². The summed E-state index contributed by atoms with van der Waals surface area (Å²) in [4.78, 5) is 6.72. The monoisotopic (exact) mass is 338 g/mol. The number of nitrogens with one attached hydrogen (secondary N) is 1. The zero-order valence-corrected chi connectivity index (χ0v) is 14.3. The standard InChI is InChI=1S/C19H22N4O2/c1-24-17-5-3-16(4-6-17)18(14-23-8-10-25-11-9-23)22-19-7-2-15(12-20)13-21-19/h2-7,13,18H,8-11,14H2,1H3,(H,21,22)/t18-/m0/s1. The second-order valence-electron chi connectivity index (χ2n) is 5.93. The van der Waals surface area contributed by atoms with Crippen LogP contribution in [0.1, 0.15) is 17.2 Å². The van der Waals surface area contributed by atoms with Crippen LogP contribution >= 0.6 is 0 Å². The van der Waals surface area contributed by atoms with E-state index in [9.17, 15) is 0 Å². The van der Waals surface area contributed by atoms with Crippen molar-refractivity contribution in [2.24, 2.45) is 0 Å². The van der Waals surface area contributed by atoms with Crippen LogP contribution in [0.25, 0.3) is 0 Å². The van der Waals surface area contributed by atoms with Crippen molar-refractivity contribution in [3.8, 4) is 11.8 Å². The Morgan fingerprint density at radius 3 is 2.60 bits per heavy atom. The van der Waals surface area contributed by atoms with Gasteiger partial charge in [0, 0.05) is 25.8 Å². The molecule has 3 rings (SSSR count). The quantitative estimate of drug-likeness (QED) is 0.872.